The van der Waals surface area contributed by atoms with Crippen molar-refractivity contribution in [2.75, 3.05) is 44.4 Å². The van der Waals surface area contributed by atoms with Crippen LogP contribution in [0.5, 0.6) is 5.88 Å². The summed E-state index contributed by atoms with van der Waals surface area (Å²) >= 11 is 0. The van der Waals surface area contributed by atoms with Crippen molar-refractivity contribution in [2.45, 2.75) is 121 Å². The average Bonchev–Trinajstić information content (AvgIpc) is 4.12. The molecule has 60 heavy (non-hydrogen) atoms. The molecule has 2 aromatic rings. The maximum absolute atomic E-state index is 15.1. The van der Waals surface area contributed by atoms with E-state index >= 15 is 4.79 Å². The quantitative estimate of drug-likeness (QED) is 0.218. The Hall–Kier alpha value is -4.11. The number of hydrogen-bond donors (Lipinski definition) is 1. The summed E-state index contributed by atoms with van der Waals surface area (Å²) in [4.78, 5) is 66.1. The van der Waals surface area contributed by atoms with E-state index in [1.165, 1.54) is 4.90 Å². The van der Waals surface area contributed by atoms with Gasteiger partial charge in [0.15, 0.2) is 5.78 Å². The largest absolute Gasteiger partial charge is 0.472 e. The number of nitrogens with one attached hydrogen (secondary N) is 1. The number of morpholine rings is 1. The van der Waals surface area contributed by atoms with Crippen LogP contribution in [0.1, 0.15) is 98.8 Å². The van der Waals surface area contributed by atoms with Gasteiger partial charge >= 0.3 is 5.97 Å². The first-order chi connectivity index (χ1) is 28.5. The fourth-order valence-corrected chi connectivity index (χ4v) is 11.0. The average molecular weight is 853 g/mol. The van der Waals surface area contributed by atoms with Crippen LogP contribution < -0.4 is 14.4 Å². The molecule has 4 heterocycles. The molecule has 2 aliphatic carbocycles. The number of ketones is 1. The normalized spacial score (nSPS) is 30.4. The highest BCUT2D eigenvalue weighted by Gasteiger charge is 2.63. The number of nitrogens with zero attached hydrogens (tertiary/aromatic N) is 3. The number of allylic oxidation sites excluding steroid dienone is 2. The van der Waals surface area contributed by atoms with Crippen molar-refractivity contribution in [3.63, 3.8) is 0 Å². The number of ether oxygens (including phenoxy) is 3. The fourth-order valence-electron chi connectivity index (χ4n) is 9.52. The van der Waals surface area contributed by atoms with Gasteiger partial charge in [-0.05, 0) is 83.1 Å². The zero-order chi connectivity index (χ0) is 43.0. The minimum absolute atomic E-state index is 0.0309. The van der Waals surface area contributed by atoms with Crippen LogP contribution in [0.25, 0.3) is 10.8 Å². The number of sulfonamides is 1. The Balaban J connectivity index is 1.23. The second kappa shape index (κ2) is 17.3. The molecule has 5 aliphatic rings. The maximum Gasteiger partial charge on any atom is 0.307 e. The van der Waals surface area contributed by atoms with Crippen LogP contribution in [0.4, 0.5) is 10.1 Å². The lowest BCUT2D eigenvalue weighted by atomic mass is 9.79. The highest BCUT2D eigenvalue weighted by molar-refractivity contribution is 7.91. The summed E-state index contributed by atoms with van der Waals surface area (Å²) in [5, 5.41) is 1.72. The van der Waals surface area contributed by atoms with Gasteiger partial charge in [-0.15, -0.1) is 0 Å². The van der Waals surface area contributed by atoms with E-state index in [1.807, 2.05) is 43.3 Å². The highest BCUT2D eigenvalue weighted by Crippen LogP contribution is 2.58. The third kappa shape index (κ3) is 9.22. The lowest BCUT2D eigenvalue weighted by Crippen LogP contribution is -2.48. The Labute approximate surface area is 353 Å². The van der Waals surface area contributed by atoms with Crippen LogP contribution in [-0.4, -0.2) is 104 Å². The maximum atomic E-state index is 15.1. The standard InChI is InChI=1S/C45H61FN4O9S/c1-6-30-21-29(2)11-7-8-12-31-24-45(31,42(54)48-60(55,56)44(28-46)15-16-44)25-38(51)36-22-32(27-50(36)41(53)35(30)23-39(52)59-43(3,4)5)58-40-34-14-10-9-13-33(34)37(26-47-40)49-17-19-57-20-18-49/h8-10,12-14,26,29-32,35-36H,6-7,11,15-25,27-28H2,1-5H3,(H,48,54)/b12-8-/t29-,30-,31-,32-,35+,36+,45-/m1/s1. The Morgan fingerprint density at radius 1 is 1.08 bits per heavy atom. The Bertz CT molecular complexity index is 2100. The first-order valence-electron chi connectivity index (χ1n) is 21.7. The molecule has 7 rings (SSSR count). The van der Waals surface area contributed by atoms with E-state index < -0.39 is 74.1 Å². The van der Waals surface area contributed by atoms with Gasteiger partial charge in [0.1, 0.15) is 23.1 Å². The molecule has 3 aliphatic heterocycles. The number of carbonyl (C=O) groups excluding carboxylic acids is 4. The SMILES string of the molecule is CC[C@@H]1C[C@H](C)CC/C=C\[C@@H]2C[C@@]2(C(=O)NS(=O)(=O)C2(CF)CC2)CC(=O)[C@@H]2C[C@@H](Oc3ncc(N4CCOCC4)c4ccccc34)CN2C(=O)[C@H]1CC(=O)OC(C)(C)C. The lowest BCUT2D eigenvalue weighted by molar-refractivity contribution is -0.160. The molecule has 2 amide bonds. The van der Waals surface area contributed by atoms with Gasteiger partial charge in [-0.25, -0.2) is 17.8 Å². The number of carbonyl (C=O) groups is 4. The van der Waals surface area contributed by atoms with Gasteiger partial charge in [0.25, 0.3) is 0 Å². The number of halogens is 1. The van der Waals surface area contributed by atoms with E-state index in [2.05, 4.69) is 16.5 Å². The van der Waals surface area contributed by atoms with E-state index in [0.29, 0.717) is 38.4 Å². The second-order valence-corrected chi connectivity index (χ2v) is 20.9. The molecule has 2 saturated heterocycles. The van der Waals surface area contributed by atoms with E-state index in [1.54, 1.807) is 27.0 Å². The van der Waals surface area contributed by atoms with Gasteiger partial charge in [0, 0.05) is 36.7 Å². The molecule has 2 saturated carbocycles. The van der Waals surface area contributed by atoms with Crippen LogP contribution >= 0.6 is 0 Å². The van der Waals surface area contributed by atoms with Gasteiger partial charge in [-0.2, -0.15) is 0 Å². The lowest BCUT2D eigenvalue weighted by Gasteiger charge is -2.33. The summed E-state index contributed by atoms with van der Waals surface area (Å²) < 4.78 is 59.1. The number of pyridine rings is 1. The van der Waals surface area contributed by atoms with Gasteiger partial charge in [-0.1, -0.05) is 50.6 Å². The number of fused-ring (bicyclic) bond motifs is 3. The summed E-state index contributed by atoms with van der Waals surface area (Å²) in [5.74, 6) is -2.95. The van der Waals surface area contributed by atoms with Crippen molar-refractivity contribution in [3.05, 3.63) is 42.6 Å². The number of amides is 2. The topological polar surface area (TPSA) is 162 Å². The number of Topliss-reactive ketones (excluding diaryl/α,β-unsaturated/α-hetero) is 1. The predicted molar refractivity (Wildman–Crippen MR) is 224 cm³/mol. The first kappa shape index (κ1) is 44.0. The summed E-state index contributed by atoms with van der Waals surface area (Å²) in [6, 6.07) is 6.77. The zero-order valence-corrected chi connectivity index (χ0v) is 36.4. The van der Waals surface area contributed by atoms with E-state index in [-0.39, 0.29) is 62.8 Å². The summed E-state index contributed by atoms with van der Waals surface area (Å²) in [6.45, 7) is 11.0. The van der Waals surface area contributed by atoms with Crippen LogP contribution in [-0.2, 0) is 38.7 Å². The fraction of sp³-hybridized carbons (Fsp3) is 0.667. The highest BCUT2D eigenvalue weighted by atomic mass is 32.2. The molecule has 15 heteroatoms. The van der Waals surface area contributed by atoms with Gasteiger partial charge < -0.3 is 24.0 Å². The number of anilines is 1. The molecule has 7 atom stereocenters. The van der Waals surface area contributed by atoms with Crippen molar-refractivity contribution in [1.29, 1.82) is 0 Å². The monoisotopic (exact) mass is 852 g/mol. The van der Waals surface area contributed by atoms with Crippen molar-refractivity contribution in [3.8, 4) is 5.88 Å². The summed E-state index contributed by atoms with van der Waals surface area (Å²) in [5.41, 5.74) is -1.21. The number of benzene rings is 1. The molecule has 1 N–H and O–H groups in total. The molecule has 0 spiro atoms. The van der Waals surface area contributed by atoms with Gasteiger partial charge in [-0.3, -0.25) is 23.9 Å². The van der Waals surface area contributed by atoms with Crippen LogP contribution in [0.15, 0.2) is 42.6 Å². The number of esters is 1. The molecule has 0 radical (unpaired) electrons. The van der Waals surface area contributed by atoms with Crippen LogP contribution in [0, 0.1) is 29.1 Å². The molecule has 1 aromatic carbocycles. The minimum atomic E-state index is -4.34. The molecule has 0 bridgehead atoms. The third-order valence-electron chi connectivity index (χ3n) is 13.3. The predicted octanol–water partition coefficient (Wildman–Crippen LogP) is 6.08. The van der Waals surface area contributed by atoms with Gasteiger partial charge in [0.05, 0.1) is 55.4 Å². The molecular weight excluding hydrogens is 792 g/mol. The molecule has 328 valence electrons. The van der Waals surface area contributed by atoms with Crippen molar-refractivity contribution >= 4 is 50.1 Å². The molecule has 13 nitrogen and oxygen atoms in total. The third-order valence-corrected chi connectivity index (χ3v) is 15.4. The van der Waals surface area contributed by atoms with E-state index in [0.717, 1.165) is 36.0 Å². The van der Waals surface area contributed by atoms with Crippen LogP contribution in [0.2, 0.25) is 0 Å². The van der Waals surface area contributed by atoms with E-state index in [9.17, 15) is 27.2 Å². The zero-order valence-electron chi connectivity index (χ0n) is 35.6. The molecule has 0 unspecified atom stereocenters. The molecule has 4 fully saturated rings. The number of hydrogen-bond acceptors (Lipinski definition) is 11. The Morgan fingerprint density at radius 2 is 1.80 bits per heavy atom. The summed E-state index contributed by atoms with van der Waals surface area (Å²) in [6.07, 6.45) is 7.82. The van der Waals surface area contributed by atoms with Crippen molar-refractivity contribution in [1.82, 2.24) is 14.6 Å². The summed E-state index contributed by atoms with van der Waals surface area (Å²) in [7, 11) is -4.34. The Morgan fingerprint density at radius 3 is 2.47 bits per heavy atom. The van der Waals surface area contributed by atoms with Crippen molar-refractivity contribution < 1.29 is 46.2 Å². The Kier molecular flexibility index (Phi) is 12.7. The number of alkyl halides is 1. The number of aromatic nitrogens is 1. The number of rotatable bonds is 10. The second-order valence-electron chi connectivity index (χ2n) is 18.8. The smallest absolute Gasteiger partial charge is 0.307 e. The minimum Gasteiger partial charge on any atom is -0.472 e. The van der Waals surface area contributed by atoms with Crippen LogP contribution in [0.3, 0.4) is 0 Å². The first-order valence-corrected chi connectivity index (χ1v) is 23.2. The van der Waals surface area contributed by atoms with E-state index in [4.69, 9.17) is 19.2 Å². The van der Waals surface area contributed by atoms with Gasteiger partial charge in [0.2, 0.25) is 27.7 Å². The molecule has 1 aromatic heterocycles. The van der Waals surface area contributed by atoms with Crippen molar-refractivity contribution in [2.24, 2.45) is 29.1 Å². The molecular formula is C45H61FN4O9S.